The van der Waals surface area contributed by atoms with Crippen molar-refractivity contribution in [2.24, 2.45) is 0 Å². The molecule has 0 amide bonds. The topological polar surface area (TPSA) is 50.7 Å². The van der Waals surface area contributed by atoms with Gasteiger partial charge in [0.2, 0.25) is 0 Å². The van der Waals surface area contributed by atoms with Crippen molar-refractivity contribution >= 4 is 0 Å². The standard InChI is InChI=1S/C16H25NO3/c1-3-16(18,4-2)12-17-8-7-13-5-6-14-15(11-13)20-10-9-19-14/h5-6,11,17-18H,3-4,7-10,12H2,1-2H3. The van der Waals surface area contributed by atoms with Gasteiger partial charge in [-0.05, 0) is 43.5 Å². The lowest BCUT2D eigenvalue weighted by Gasteiger charge is -2.25. The fourth-order valence-electron chi connectivity index (χ4n) is 2.30. The summed E-state index contributed by atoms with van der Waals surface area (Å²) in [6.07, 6.45) is 2.47. The zero-order valence-corrected chi connectivity index (χ0v) is 12.4. The van der Waals surface area contributed by atoms with Gasteiger partial charge in [0.25, 0.3) is 0 Å². The van der Waals surface area contributed by atoms with E-state index in [9.17, 15) is 5.11 Å². The van der Waals surface area contributed by atoms with Gasteiger partial charge in [0.05, 0.1) is 5.60 Å². The lowest BCUT2D eigenvalue weighted by atomic mass is 9.97. The molecule has 0 bridgehead atoms. The molecule has 2 N–H and O–H groups in total. The molecule has 0 saturated heterocycles. The molecule has 1 heterocycles. The van der Waals surface area contributed by atoms with Crippen LogP contribution in [-0.4, -0.2) is 37.0 Å². The van der Waals surface area contributed by atoms with Crippen LogP contribution in [0.2, 0.25) is 0 Å². The number of fused-ring (bicyclic) bond motifs is 1. The number of hydrogen-bond donors (Lipinski definition) is 2. The van der Waals surface area contributed by atoms with E-state index in [4.69, 9.17) is 9.47 Å². The van der Waals surface area contributed by atoms with Crippen molar-refractivity contribution < 1.29 is 14.6 Å². The van der Waals surface area contributed by atoms with Crippen molar-refractivity contribution in [1.29, 1.82) is 0 Å². The van der Waals surface area contributed by atoms with E-state index in [1.165, 1.54) is 5.56 Å². The Bertz CT molecular complexity index is 430. The van der Waals surface area contributed by atoms with Gasteiger partial charge in [-0.15, -0.1) is 0 Å². The molecule has 112 valence electrons. The molecule has 0 aromatic heterocycles. The lowest BCUT2D eigenvalue weighted by Crippen LogP contribution is -2.40. The van der Waals surface area contributed by atoms with E-state index in [1.807, 2.05) is 26.0 Å². The van der Waals surface area contributed by atoms with Gasteiger partial charge in [-0.2, -0.15) is 0 Å². The molecular formula is C16H25NO3. The van der Waals surface area contributed by atoms with Crippen LogP contribution in [0.3, 0.4) is 0 Å². The van der Waals surface area contributed by atoms with E-state index in [0.717, 1.165) is 37.3 Å². The van der Waals surface area contributed by atoms with Crippen molar-refractivity contribution in [3.05, 3.63) is 23.8 Å². The van der Waals surface area contributed by atoms with Crippen molar-refractivity contribution in [2.75, 3.05) is 26.3 Å². The van der Waals surface area contributed by atoms with E-state index < -0.39 is 5.60 Å². The summed E-state index contributed by atoms with van der Waals surface area (Å²) < 4.78 is 11.1. The Kier molecular flexibility index (Phi) is 5.26. The van der Waals surface area contributed by atoms with Gasteiger partial charge in [-0.1, -0.05) is 19.9 Å². The Balaban J connectivity index is 1.80. The minimum Gasteiger partial charge on any atom is -0.486 e. The predicted molar refractivity (Wildman–Crippen MR) is 79.5 cm³/mol. The highest BCUT2D eigenvalue weighted by Gasteiger charge is 2.21. The summed E-state index contributed by atoms with van der Waals surface area (Å²) in [5, 5.41) is 13.5. The number of hydrogen-bond acceptors (Lipinski definition) is 4. The molecule has 0 radical (unpaired) electrons. The highest BCUT2D eigenvalue weighted by molar-refractivity contribution is 5.43. The maximum atomic E-state index is 10.2. The molecule has 4 nitrogen and oxygen atoms in total. The van der Waals surface area contributed by atoms with Crippen LogP contribution in [0.4, 0.5) is 0 Å². The molecule has 0 atom stereocenters. The molecule has 1 aromatic carbocycles. The van der Waals surface area contributed by atoms with Gasteiger partial charge in [0.15, 0.2) is 11.5 Å². The normalized spacial score (nSPS) is 14.3. The van der Waals surface area contributed by atoms with Crippen LogP contribution in [0.15, 0.2) is 18.2 Å². The molecule has 0 spiro atoms. The second-order valence-corrected chi connectivity index (χ2v) is 5.34. The van der Waals surface area contributed by atoms with Crippen LogP contribution in [0, 0.1) is 0 Å². The molecule has 0 unspecified atom stereocenters. The zero-order chi connectivity index (χ0) is 14.4. The number of rotatable bonds is 7. The SMILES string of the molecule is CCC(O)(CC)CNCCc1ccc2c(c1)OCCO2. The van der Waals surface area contributed by atoms with E-state index in [2.05, 4.69) is 11.4 Å². The van der Waals surface area contributed by atoms with Gasteiger partial charge < -0.3 is 19.9 Å². The van der Waals surface area contributed by atoms with Crippen molar-refractivity contribution in [3.63, 3.8) is 0 Å². The molecule has 0 aliphatic carbocycles. The third kappa shape index (κ3) is 3.87. The Morgan fingerprint density at radius 2 is 1.85 bits per heavy atom. The number of benzene rings is 1. The van der Waals surface area contributed by atoms with Gasteiger partial charge in [-0.25, -0.2) is 0 Å². The minimum atomic E-state index is -0.577. The van der Waals surface area contributed by atoms with E-state index in [-0.39, 0.29) is 0 Å². The Morgan fingerprint density at radius 3 is 2.55 bits per heavy atom. The van der Waals surface area contributed by atoms with E-state index in [0.29, 0.717) is 19.8 Å². The summed E-state index contributed by atoms with van der Waals surface area (Å²) in [5.41, 5.74) is 0.644. The maximum absolute atomic E-state index is 10.2. The molecule has 0 saturated carbocycles. The van der Waals surface area contributed by atoms with Crippen molar-refractivity contribution in [2.45, 2.75) is 38.7 Å². The average Bonchev–Trinajstić information content (AvgIpc) is 2.51. The molecule has 1 aromatic rings. The van der Waals surface area contributed by atoms with Crippen LogP contribution in [0.25, 0.3) is 0 Å². The second-order valence-electron chi connectivity index (χ2n) is 5.34. The van der Waals surface area contributed by atoms with Gasteiger partial charge >= 0.3 is 0 Å². The molecule has 1 aliphatic heterocycles. The van der Waals surface area contributed by atoms with Crippen LogP contribution in [-0.2, 0) is 6.42 Å². The fraction of sp³-hybridized carbons (Fsp3) is 0.625. The largest absolute Gasteiger partial charge is 0.486 e. The number of aliphatic hydroxyl groups is 1. The number of ether oxygens (including phenoxy) is 2. The van der Waals surface area contributed by atoms with Gasteiger partial charge in [0.1, 0.15) is 13.2 Å². The fourth-order valence-corrected chi connectivity index (χ4v) is 2.30. The third-order valence-electron chi connectivity index (χ3n) is 3.97. The van der Waals surface area contributed by atoms with Crippen molar-refractivity contribution in [3.8, 4) is 11.5 Å². The summed E-state index contributed by atoms with van der Waals surface area (Å²) in [6.45, 7) is 6.78. The molecule has 1 aliphatic rings. The van der Waals surface area contributed by atoms with Crippen LogP contribution < -0.4 is 14.8 Å². The minimum absolute atomic E-state index is 0.577. The first-order valence-electron chi connectivity index (χ1n) is 7.48. The van der Waals surface area contributed by atoms with Gasteiger partial charge in [-0.3, -0.25) is 0 Å². The predicted octanol–water partition coefficient (Wildman–Crippen LogP) is 2.14. The highest BCUT2D eigenvalue weighted by Crippen LogP contribution is 2.30. The molecule has 2 rings (SSSR count). The summed E-state index contributed by atoms with van der Waals surface area (Å²) >= 11 is 0. The van der Waals surface area contributed by atoms with E-state index in [1.54, 1.807) is 0 Å². The first-order valence-corrected chi connectivity index (χ1v) is 7.48. The van der Waals surface area contributed by atoms with Gasteiger partial charge in [0, 0.05) is 6.54 Å². The monoisotopic (exact) mass is 279 g/mol. The smallest absolute Gasteiger partial charge is 0.161 e. The summed E-state index contributed by atoms with van der Waals surface area (Å²) in [5.74, 6) is 1.67. The van der Waals surface area contributed by atoms with E-state index >= 15 is 0 Å². The highest BCUT2D eigenvalue weighted by atomic mass is 16.6. The summed E-state index contributed by atoms with van der Waals surface area (Å²) in [7, 11) is 0. The molecular weight excluding hydrogens is 254 g/mol. The summed E-state index contributed by atoms with van der Waals surface area (Å²) in [6, 6.07) is 6.08. The number of nitrogens with one attached hydrogen (secondary N) is 1. The molecule has 0 fully saturated rings. The quantitative estimate of drug-likeness (QED) is 0.751. The van der Waals surface area contributed by atoms with Crippen molar-refractivity contribution in [1.82, 2.24) is 5.32 Å². The van der Waals surface area contributed by atoms with Crippen LogP contribution in [0.5, 0.6) is 11.5 Å². The maximum Gasteiger partial charge on any atom is 0.161 e. The average molecular weight is 279 g/mol. The first-order chi connectivity index (χ1) is 9.67. The zero-order valence-electron chi connectivity index (χ0n) is 12.4. The Hall–Kier alpha value is -1.26. The molecule has 4 heteroatoms. The Labute approximate surface area is 121 Å². The first kappa shape index (κ1) is 15.1. The Morgan fingerprint density at radius 1 is 1.15 bits per heavy atom. The van der Waals surface area contributed by atoms with Crippen LogP contribution >= 0.6 is 0 Å². The molecule has 20 heavy (non-hydrogen) atoms. The van der Waals surface area contributed by atoms with Crippen LogP contribution in [0.1, 0.15) is 32.3 Å². The second kappa shape index (κ2) is 6.95. The third-order valence-corrected chi connectivity index (χ3v) is 3.97. The lowest BCUT2D eigenvalue weighted by molar-refractivity contribution is 0.0328. The summed E-state index contributed by atoms with van der Waals surface area (Å²) in [4.78, 5) is 0.